The minimum atomic E-state index is -1.28. The van der Waals surface area contributed by atoms with Gasteiger partial charge in [0.15, 0.2) is 0 Å². The summed E-state index contributed by atoms with van der Waals surface area (Å²) in [6, 6.07) is 1.21. The molecule has 86 valence electrons. The van der Waals surface area contributed by atoms with Crippen LogP contribution in [0.1, 0.15) is 46.4 Å². The third-order valence-electron chi connectivity index (χ3n) is 1.92. The Hall–Kier alpha value is -2.04. The van der Waals surface area contributed by atoms with Gasteiger partial charge in [-0.05, 0) is 12.5 Å². The van der Waals surface area contributed by atoms with Crippen molar-refractivity contribution in [1.29, 1.82) is 0 Å². The molecule has 0 unspecified atom stereocenters. The van der Waals surface area contributed by atoms with E-state index in [2.05, 4.69) is 0 Å². The zero-order valence-corrected chi connectivity index (χ0v) is 8.77. The Bertz CT molecular complexity index is 428. The topological polar surface area (TPSA) is 87.7 Å². The first-order valence-electron chi connectivity index (χ1n) is 4.83. The number of unbranched alkanes of at least 4 members (excludes halogenated alkanes) is 1. The minimum Gasteiger partial charge on any atom is -0.475 e. The molecule has 16 heavy (non-hydrogen) atoms. The SMILES string of the molecule is CCCC=Cc1cc(C(=O)O)oc1C(=O)O. The van der Waals surface area contributed by atoms with Crippen LogP contribution in [-0.2, 0) is 0 Å². The lowest BCUT2D eigenvalue weighted by molar-refractivity contribution is 0.0631. The van der Waals surface area contributed by atoms with Gasteiger partial charge in [-0.15, -0.1) is 0 Å². The average molecular weight is 224 g/mol. The summed E-state index contributed by atoms with van der Waals surface area (Å²) in [6.45, 7) is 1.99. The molecule has 1 aromatic rings. The highest BCUT2D eigenvalue weighted by Crippen LogP contribution is 2.17. The average Bonchev–Trinajstić information content (AvgIpc) is 2.62. The van der Waals surface area contributed by atoms with E-state index >= 15 is 0 Å². The van der Waals surface area contributed by atoms with Gasteiger partial charge in [0.25, 0.3) is 0 Å². The lowest BCUT2D eigenvalue weighted by atomic mass is 10.2. The highest BCUT2D eigenvalue weighted by molar-refractivity contribution is 5.93. The maximum atomic E-state index is 10.8. The Balaban J connectivity index is 3.05. The van der Waals surface area contributed by atoms with Gasteiger partial charge in [-0.2, -0.15) is 0 Å². The number of furan rings is 1. The fraction of sp³-hybridized carbons (Fsp3) is 0.273. The van der Waals surface area contributed by atoms with Crippen LogP contribution in [0, 0.1) is 0 Å². The molecular formula is C11H12O5. The fourth-order valence-electron chi connectivity index (χ4n) is 1.18. The Morgan fingerprint density at radius 3 is 2.56 bits per heavy atom. The van der Waals surface area contributed by atoms with Crippen LogP contribution < -0.4 is 0 Å². The van der Waals surface area contributed by atoms with Gasteiger partial charge in [-0.25, -0.2) is 9.59 Å². The third kappa shape index (κ3) is 2.73. The molecule has 0 spiro atoms. The first-order valence-corrected chi connectivity index (χ1v) is 4.83. The van der Waals surface area contributed by atoms with Crippen molar-refractivity contribution >= 4 is 18.0 Å². The molecule has 0 bridgehead atoms. The maximum absolute atomic E-state index is 10.8. The van der Waals surface area contributed by atoms with Crippen molar-refractivity contribution in [2.24, 2.45) is 0 Å². The van der Waals surface area contributed by atoms with Crippen molar-refractivity contribution in [2.45, 2.75) is 19.8 Å². The molecule has 0 atom stereocenters. The molecule has 5 heteroatoms. The molecule has 1 heterocycles. The molecule has 1 rings (SSSR count). The lowest BCUT2D eigenvalue weighted by Gasteiger charge is -1.90. The van der Waals surface area contributed by atoms with E-state index in [-0.39, 0.29) is 17.1 Å². The second-order valence-corrected chi connectivity index (χ2v) is 3.20. The second-order valence-electron chi connectivity index (χ2n) is 3.20. The van der Waals surface area contributed by atoms with Gasteiger partial charge in [-0.3, -0.25) is 0 Å². The number of rotatable bonds is 5. The zero-order valence-electron chi connectivity index (χ0n) is 8.77. The quantitative estimate of drug-likeness (QED) is 0.802. The van der Waals surface area contributed by atoms with E-state index in [0.717, 1.165) is 12.8 Å². The van der Waals surface area contributed by atoms with Crippen LogP contribution in [0.2, 0.25) is 0 Å². The van der Waals surface area contributed by atoms with E-state index in [1.807, 2.05) is 6.92 Å². The zero-order chi connectivity index (χ0) is 12.1. The molecule has 0 amide bonds. The number of hydrogen-bond donors (Lipinski definition) is 2. The molecule has 0 aliphatic rings. The summed E-state index contributed by atoms with van der Waals surface area (Å²) in [5.74, 6) is -3.26. The molecular weight excluding hydrogens is 212 g/mol. The first kappa shape index (κ1) is 12.0. The van der Waals surface area contributed by atoms with Gasteiger partial charge in [0.05, 0.1) is 0 Å². The van der Waals surface area contributed by atoms with Crippen LogP contribution in [0.3, 0.4) is 0 Å². The van der Waals surface area contributed by atoms with Crippen molar-refractivity contribution in [1.82, 2.24) is 0 Å². The standard InChI is InChI=1S/C11H12O5/c1-2-3-4-5-7-6-8(10(12)13)16-9(7)11(14)15/h4-6H,2-3H2,1H3,(H,12,13)(H,14,15). The summed E-state index contributed by atoms with van der Waals surface area (Å²) in [6.07, 6.45) is 5.07. The number of allylic oxidation sites excluding steroid dienone is 1. The summed E-state index contributed by atoms with van der Waals surface area (Å²) in [5, 5.41) is 17.5. The number of carboxylic acid groups (broad SMARTS) is 2. The van der Waals surface area contributed by atoms with Crippen LogP contribution in [-0.4, -0.2) is 22.2 Å². The van der Waals surface area contributed by atoms with E-state index in [1.54, 1.807) is 12.2 Å². The second kappa shape index (κ2) is 5.16. The van der Waals surface area contributed by atoms with Gasteiger partial charge in [0.2, 0.25) is 11.5 Å². The Morgan fingerprint density at radius 2 is 2.06 bits per heavy atom. The van der Waals surface area contributed by atoms with Gasteiger partial charge in [-0.1, -0.05) is 25.5 Å². The van der Waals surface area contributed by atoms with Crippen LogP contribution in [0.4, 0.5) is 0 Å². The van der Waals surface area contributed by atoms with Gasteiger partial charge >= 0.3 is 11.9 Å². The lowest BCUT2D eigenvalue weighted by Crippen LogP contribution is -1.96. The van der Waals surface area contributed by atoms with E-state index < -0.39 is 11.9 Å². The summed E-state index contributed by atoms with van der Waals surface area (Å²) >= 11 is 0. The van der Waals surface area contributed by atoms with E-state index in [9.17, 15) is 9.59 Å². The van der Waals surface area contributed by atoms with Gasteiger partial charge < -0.3 is 14.6 Å². The van der Waals surface area contributed by atoms with Gasteiger partial charge in [0.1, 0.15) is 0 Å². The predicted octanol–water partition coefficient (Wildman–Crippen LogP) is 2.49. The van der Waals surface area contributed by atoms with E-state index in [4.69, 9.17) is 14.6 Å². The van der Waals surface area contributed by atoms with Crippen molar-refractivity contribution in [3.8, 4) is 0 Å². The summed E-state index contributed by atoms with van der Waals surface area (Å²) in [7, 11) is 0. The van der Waals surface area contributed by atoms with Crippen molar-refractivity contribution in [3.05, 3.63) is 29.2 Å². The van der Waals surface area contributed by atoms with E-state index in [0.29, 0.717) is 0 Å². The summed E-state index contributed by atoms with van der Waals surface area (Å²) < 4.78 is 4.72. The normalized spacial score (nSPS) is 10.8. The summed E-state index contributed by atoms with van der Waals surface area (Å²) in [5.41, 5.74) is 0.276. The first-order chi connectivity index (χ1) is 7.56. The highest BCUT2D eigenvalue weighted by atomic mass is 16.4. The van der Waals surface area contributed by atoms with E-state index in [1.165, 1.54) is 6.07 Å². The maximum Gasteiger partial charge on any atom is 0.372 e. The Kier molecular flexibility index (Phi) is 3.88. The largest absolute Gasteiger partial charge is 0.475 e. The van der Waals surface area contributed by atoms with Crippen molar-refractivity contribution in [2.75, 3.05) is 0 Å². The molecule has 0 radical (unpaired) electrons. The molecule has 0 aliphatic carbocycles. The van der Waals surface area contributed by atoms with Crippen LogP contribution in [0.5, 0.6) is 0 Å². The number of aromatic carboxylic acids is 2. The van der Waals surface area contributed by atoms with Crippen LogP contribution in [0.15, 0.2) is 16.6 Å². The molecule has 0 aromatic carbocycles. The minimum absolute atomic E-state index is 0.276. The van der Waals surface area contributed by atoms with Crippen LogP contribution >= 0.6 is 0 Å². The summed E-state index contributed by atoms with van der Waals surface area (Å²) in [4.78, 5) is 21.4. The molecule has 0 fully saturated rings. The number of hydrogen-bond acceptors (Lipinski definition) is 3. The monoisotopic (exact) mass is 224 g/mol. The predicted molar refractivity (Wildman–Crippen MR) is 56.6 cm³/mol. The van der Waals surface area contributed by atoms with Crippen molar-refractivity contribution in [3.63, 3.8) is 0 Å². The Morgan fingerprint density at radius 1 is 1.38 bits per heavy atom. The number of carboxylic acids is 2. The van der Waals surface area contributed by atoms with Crippen molar-refractivity contribution < 1.29 is 24.2 Å². The third-order valence-corrected chi connectivity index (χ3v) is 1.92. The fourth-order valence-corrected chi connectivity index (χ4v) is 1.18. The Labute approximate surface area is 92.0 Å². The highest BCUT2D eigenvalue weighted by Gasteiger charge is 2.18. The molecule has 1 aromatic heterocycles. The molecule has 0 aliphatic heterocycles. The smallest absolute Gasteiger partial charge is 0.372 e. The van der Waals surface area contributed by atoms with Gasteiger partial charge in [0, 0.05) is 5.56 Å². The molecule has 5 nitrogen and oxygen atoms in total. The number of carbonyl (C=O) groups is 2. The van der Waals surface area contributed by atoms with Crippen LogP contribution in [0.25, 0.3) is 6.08 Å². The molecule has 0 saturated carbocycles. The molecule has 0 saturated heterocycles. The molecule has 2 N–H and O–H groups in total.